The second kappa shape index (κ2) is 8.11. The van der Waals surface area contributed by atoms with Crippen LogP contribution in [0.4, 0.5) is 0 Å². The van der Waals surface area contributed by atoms with E-state index in [4.69, 9.17) is 4.74 Å². The van der Waals surface area contributed by atoms with Crippen LogP contribution in [0.1, 0.15) is 55.1 Å². The molecular formula is C18H22N2O4S. The molecule has 2 heterocycles. The highest BCUT2D eigenvalue weighted by Crippen LogP contribution is 2.20. The van der Waals surface area contributed by atoms with Crippen molar-refractivity contribution >= 4 is 29.0 Å². The smallest absolute Gasteiger partial charge is 0.354 e. The van der Waals surface area contributed by atoms with Gasteiger partial charge in [-0.2, -0.15) is 0 Å². The molecule has 0 atom stereocenters. The molecule has 0 saturated carbocycles. The van der Waals surface area contributed by atoms with Crippen molar-refractivity contribution in [2.24, 2.45) is 0 Å². The fourth-order valence-corrected chi connectivity index (χ4v) is 3.50. The number of aromatic nitrogens is 1. The Morgan fingerprint density at radius 2 is 2.00 bits per heavy atom. The number of aromatic amines is 1. The van der Waals surface area contributed by atoms with Crippen molar-refractivity contribution in [3.8, 4) is 0 Å². The number of ether oxygens (including phenoxy) is 1. The molecule has 0 spiro atoms. The zero-order chi connectivity index (χ0) is 18.6. The number of nitrogens with zero attached hydrogens (tertiary/aromatic N) is 1. The van der Waals surface area contributed by atoms with Crippen LogP contribution in [-0.2, 0) is 4.74 Å². The predicted molar refractivity (Wildman–Crippen MR) is 96.5 cm³/mol. The van der Waals surface area contributed by atoms with E-state index in [0.717, 1.165) is 6.42 Å². The number of esters is 1. The second-order valence-electron chi connectivity index (χ2n) is 5.74. The SMILES string of the molecule is CCCN(CC(=O)c1c(C)[nH]c(C(=O)OC)c1C)C(=O)c1cccs1. The largest absolute Gasteiger partial charge is 0.464 e. The number of carbonyl (C=O) groups excluding carboxylic acids is 3. The number of thiophene rings is 1. The number of amides is 1. The predicted octanol–water partition coefficient (Wildman–Crippen LogP) is 3.21. The third-order valence-electron chi connectivity index (χ3n) is 3.95. The number of aryl methyl sites for hydroxylation is 1. The van der Waals surface area contributed by atoms with E-state index < -0.39 is 5.97 Å². The standard InChI is InChI=1S/C18H22N2O4S/c1-5-8-20(17(22)14-7-6-9-25-14)10-13(21)15-11(2)16(18(23)24-4)19-12(15)3/h6-7,9,19H,5,8,10H2,1-4H3. The van der Waals surface area contributed by atoms with Crippen LogP contribution in [0.15, 0.2) is 17.5 Å². The number of Topliss-reactive ketones (excluding diaryl/α,β-unsaturated/α-hetero) is 1. The van der Waals surface area contributed by atoms with Gasteiger partial charge < -0.3 is 14.6 Å². The van der Waals surface area contributed by atoms with Crippen molar-refractivity contribution < 1.29 is 19.1 Å². The topological polar surface area (TPSA) is 79.5 Å². The maximum absolute atomic E-state index is 12.8. The molecule has 2 rings (SSSR count). The van der Waals surface area contributed by atoms with Crippen LogP contribution in [-0.4, -0.2) is 47.7 Å². The lowest BCUT2D eigenvalue weighted by molar-refractivity contribution is 0.0593. The Hall–Kier alpha value is -2.41. The van der Waals surface area contributed by atoms with Crippen LogP contribution in [0.2, 0.25) is 0 Å². The van der Waals surface area contributed by atoms with Gasteiger partial charge >= 0.3 is 5.97 Å². The number of ketones is 1. The molecule has 0 bridgehead atoms. The first-order valence-corrected chi connectivity index (χ1v) is 8.92. The lowest BCUT2D eigenvalue weighted by Crippen LogP contribution is -2.36. The number of hydrogen-bond acceptors (Lipinski definition) is 5. The zero-order valence-electron chi connectivity index (χ0n) is 14.8. The molecule has 0 fully saturated rings. The van der Waals surface area contributed by atoms with Gasteiger partial charge in [-0.25, -0.2) is 4.79 Å². The molecule has 0 aromatic carbocycles. The quantitative estimate of drug-likeness (QED) is 0.606. The summed E-state index contributed by atoms with van der Waals surface area (Å²) in [6.07, 6.45) is 0.753. The van der Waals surface area contributed by atoms with Crippen molar-refractivity contribution in [3.63, 3.8) is 0 Å². The highest BCUT2D eigenvalue weighted by Gasteiger charge is 2.25. The molecule has 0 aliphatic heterocycles. The van der Waals surface area contributed by atoms with Gasteiger partial charge in [0, 0.05) is 17.8 Å². The number of H-pyrrole nitrogens is 1. The number of nitrogens with one attached hydrogen (secondary N) is 1. The third-order valence-corrected chi connectivity index (χ3v) is 4.81. The fourth-order valence-electron chi connectivity index (χ4n) is 2.81. The summed E-state index contributed by atoms with van der Waals surface area (Å²) < 4.78 is 4.73. The Balaban J connectivity index is 2.26. The molecule has 6 nitrogen and oxygen atoms in total. The maximum atomic E-state index is 12.8. The van der Waals surface area contributed by atoms with Crippen molar-refractivity contribution in [1.29, 1.82) is 0 Å². The van der Waals surface area contributed by atoms with Crippen LogP contribution in [0.3, 0.4) is 0 Å². The highest BCUT2D eigenvalue weighted by molar-refractivity contribution is 7.12. The van der Waals surface area contributed by atoms with Gasteiger partial charge in [0.1, 0.15) is 5.69 Å². The Kier molecular flexibility index (Phi) is 6.14. The fraction of sp³-hybridized carbons (Fsp3) is 0.389. The average Bonchev–Trinajstić information content (AvgIpc) is 3.21. The first kappa shape index (κ1) is 18.9. The van der Waals surface area contributed by atoms with E-state index in [1.807, 2.05) is 18.4 Å². The normalized spacial score (nSPS) is 10.6. The lowest BCUT2D eigenvalue weighted by Gasteiger charge is -2.21. The zero-order valence-corrected chi connectivity index (χ0v) is 15.7. The summed E-state index contributed by atoms with van der Waals surface area (Å²) in [7, 11) is 1.29. The summed E-state index contributed by atoms with van der Waals surface area (Å²) in [5.74, 6) is -0.858. The summed E-state index contributed by atoms with van der Waals surface area (Å²) in [5.41, 5.74) is 1.87. The number of methoxy groups -OCH3 is 1. The van der Waals surface area contributed by atoms with Crippen LogP contribution < -0.4 is 0 Å². The molecule has 1 amide bonds. The molecule has 0 aliphatic carbocycles. The molecule has 7 heteroatoms. The molecule has 2 aromatic rings. The number of hydrogen-bond donors (Lipinski definition) is 1. The average molecular weight is 362 g/mol. The number of rotatable bonds is 7. The van der Waals surface area contributed by atoms with Gasteiger partial charge in [0.25, 0.3) is 5.91 Å². The summed E-state index contributed by atoms with van der Waals surface area (Å²) >= 11 is 1.36. The molecule has 0 aliphatic rings. The molecule has 0 unspecified atom stereocenters. The molecule has 2 aromatic heterocycles. The maximum Gasteiger partial charge on any atom is 0.354 e. The first-order valence-electron chi connectivity index (χ1n) is 8.04. The van der Waals surface area contributed by atoms with Crippen molar-refractivity contribution in [3.05, 3.63) is 44.9 Å². The molecule has 25 heavy (non-hydrogen) atoms. The van der Waals surface area contributed by atoms with E-state index in [2.05, 4.69) is 4.98 Å². The van der Waals surface area contributed by atoms with E-state index in [0.29, 0.717) is 28.2 Å². The van der Waals surface area contributed by atoms with E-state index >= 15 is 0 Å². The Morgan fingerprint density at radius 3 is 2.56 bits per heavy atom. The molecule has 0 radical (unpaired) electrons. The lowest BCUT2D eigenvalue weighted by atomic mass is 10.0. The first-order chi connectivity index (χ1) is 11.9. The molecular weight excluding hydrogens is 340 g/mol. The van der Waals surface area contributed by atoms with Crippen molar-refractivity contribution in [2.45, 2.75) is 27.2 Å². The van der Waals surface area contributed by atoms with Crippen LogP contribution in [0, 0.1) is 13.8 Å². The third kappa shape index (κ3) is 3.99. The van der Waals surface area contributed by atoms with Gasteiger partial charge in [0.15, 0.2) is 5.78 Å². The van der Waals surface area contributed by atoms with E-state index in [9.17, 15) is 14.4 Å². The van der Waals surface area contributed by atoms with E-state index in [1.165, 1.54) is 18.4 Å². The summed E-state index contributed by atoms with van der Waals surface area (Å²) in [6.45, 7) is 5.87. The van der Waals surface area contributed by atoms with Crippen LogP contribution >= 0.6 is 11.3 Å². The van der Waals surface area contributed by atoms with Crippen molar-refractivity contribution in [2.75, 3.05) is 20.2 Å². The van der Waals surface area contributed by atoms with Gasteiger partial charge in [0.05, 0.1) is 18.5 Å². The summed E-state index contributed by atoms with van der Waals surface area (Å²) in [4.78, 5) is 42.3. The Morgan fingerprint density at radius 1 is 1.28 bits per heavy atom. The second-order valence-corrected chi connectivity index (χ2v) is 6.69. The Bertz CT molecular complexity index is 777. The van der Waals surface area contributed by atoms with E-state index in [-0.39, 0.29) is 23.9 Å². The molecule has 134 valence electrons. The van der Waals surface area contributed by atoms with Crippen LogP contribution in [0.25, 0.3) is 0 Å². The highest BCUT2D eigenvalue weighted by atomic mass is 32.1. The van der Waals surface area contributed by atoms with E-state index in [1.54, 1.807) is 24.8 Å². The van der Waals surface area contributed by atoms with Gasteiger partial charge in [0.2, 0.25) is 0 Å². The minimum absolute atomic E-state index is 0.0231. The molecule has 0 saturated heterocycles. The van der Waals surface area contributed by atoms with Gasteiger partial charge in [-0.3, -0.25) is 9.59 Å². The monoisotopic (exact) mass is 362 g/mol. The minimum Gasteiger partial charge on any atom is -0.464 e. The van der Waals surface area contributed by atoms with Gasteiger partial charge in [-0.05, 0) is 37.3 Å². The van der Waals surface area contributed by atoms with Gasteiger partial charge in [-0.1, -0.05) is 13.0 Å². The minimum atomic E-state index is -0.514. The Labute approximate surface area is 150 Å². The van der Waals surface area contributed by atoms with Crippen LogP contribution in [0.5, 0.6) is 0 Å². The number of carbonyl (C=O) groups is 3. The summed E-state index contributed by atoms with van der Waals surface area (Å²) in [6, 6.07) is 3.56. The van der Waals surface area contributed by atoms with Crippen molar-refractivity contribution in [1.82, 2.24) is 9.88 Å². The summed E-state index contributed by atoms with van der Waals surface area (Å²) in [5, 5.41) is 1.84. The van der Waals surface area contributed by atoms with Gasteiger partial charge in [-0.15, -0.1) is 11.3 Å². The molecule has 1 N–H and O–H groups in total.